The standard InChI is InChI=1S/C14H27N3O3S/c15-11-7-9-13(10-8-11)21(19,20)17-14(18)16-12-5-3-1-2-4-6-12/h11-13H,1-10,15H2,(H2,16,17,18). The fourth-order valence-electron chi connectivity index (χ4n) is 3.25. The van der Waals surface area contributed by atoms with Crippen molar-refractivity contribution in [1.82, 2.24) is 10.0 Å². The molecule has 122 valence electrons. The molecule has 0 heterocycles. The van der Waals surface area contributed by atoms with E-state index in [1.165, 1.54) is 12.8 Å². The van der Waals surface area contributed by atoms with Crippen LogP contribution in [-0.2, 0) is 10.0 Å². The lowest BCUT2D eigenvalue weighted by Crippen LogP contribution is -2.48. The van der Waals surface area contributed by atoms with Crippen molar-refractivity contribution < 1.29 is 13.2 Å². The largest absolute Gasteiger partial charge is 0.335 e. The van der Waals surface area contributed by atoms with Crippen molar-refractivity contribution in [2.75, 3.05) is 0 Å². The number of urea groups is 1. The Morgan fingerprint density at radius 2 is 1.48 bits per heavy atom. The summed E-state index contributed by atoms with van der Waals surface area (Å²) in [5.41, 5.74) is 5.79. The molecule has 0 aliphatic heterocycles. The summed E-state index contributed by atoms with van der Waals surface area (Å²) in [5.74, 6) is 0. The lowest BCUT2D eigenvalue weighted by Gasteiger charge is -2.26. The van der Waals surface area contributed by atoms with Crippen molar-refractivity contribution >= 4 is 16.1 Å². The minimum Gasteiger partial charge on any atom is -0.335 e. The van der Waals surface area contributed by atoms with E-state index in [-0.39, 0.29) is 12.1 Å². The van der Waals surface area contributed by atoms with Gasteiger partial charge in [0.2, 0.25) is 10.0 Å². The van der Waals surface area contributed by atoms with Gasteiger partial charge in [-0.25, -0.2) is 17.9 Å². The summed E-state index contributed by atoms with van der Waals surface area (Å²) in [5, 5.41) is 2.32. The van der Waals surface area contributed by atoms with Crippen LogP contribution in [0.2, 0.25) is 0 Å². The molecule has 0 aromatic carbocycles. The molecule has 4 N–H and O–H groups in total. The minimum absolute atomic E-state index is 0.0938. The van der Waals surface area contributed by atoms with Crippen LogP contribution in [0.1, 0.15) is 64.2 Å². The summed E-state index contributed by atoms with van der Waals surface area (Å²) in [6.45, 7) is 0. The SMILES string of the molecule is NC1CCC(S(=O)(=O)NC(=O)NC2CCCCCC2)CC1. The molecule has 0 spiro atoms. The van der Waals surface area contributed by atoms with E-state index in [0.29, 0.717) is 25.7 Å². The Bertz CT molecular complexity index is 436. The molecule has 2 fully saturated rings. The highest BCUT2D eigenvalue weighted by atomic mass is 32.2. The van der Waals surface area contributed by atoms with Crippen LogP contribution >= 0.6 is 0 Å². The number of hydrogen-bond acceptors (Lipinski definition) is 4. The number of sulfonamides is 1. The molecule has 0 bridgehead atoms. The fourth-order valence-corrected chi connectivity index (χ4v) is 4.63. The number of amides is 2. The average Bonchev–Trinajstić information content (AvgIpc) is 2.67. The summed E-state index contributed by atoms with van der Waals surface area (Å²) >= 11 is 0. The number of nitrogens with two attached hydrogens (primary N) is 1. The third-order valence-corrected chi connectivity index (χ3v) is 6.40. The van der Waals surface area contributed by atoms with Gasteiger partial charge >= 0.3 is 6.03 Å². The summed E-state index contributed by atoms with van der Waals surface area (Å²) < 4.78 is 26.6. The molecule has 0 aromatic heterocycles. The van der Waals surface area contributed by atoms with Crippen molar-refractivity contribution in [3.63, 3.8) is 0 Å². The van der Waals surface area contributed by atoms with Gasteiger partial charge in [0.05, 0.1) is 5.25 Å². The third-order valence-electron chi connectivity index (χ3n) is 4.58. The van der Waals surface area contributed by atoms with Gasteiger partial charge in [0.15, 0.2) is 0 Å². The van der Waals surface area contributed by atoms with E-state index < -0.39 is 21.3 Å². The van der Waals surface area contributed by atoms with Gasteiger partial charge in [-0.1, -0.05) is 25.7 Å². The summed E-state index contributed by atoms with van der Waals surface area (Å²) in [6.07, 6.45) is 8.93. The second-order valence-corrected chi connectivity index (χ2v) is 8.31. The number of rotatable bonds is 3. The molecule has 0 aromatic rings. The van der Waals surface area contributed by atoms with Crippen molar-refractivity contribution in [3.05, 3.63) is 0 Å². The predicted molar refractivity (Wildman–Crippen MR) is 82.3 cm³/mol. The molecule has 0 unspecified atom stereocenters. The molecule has 0 saturated heterocycles. The quantitative estimate of drug-likeness (QED) is 0.688. The maximum absolute atomic E-state index is 12.2. The van der Waals surface area contributed by atoms with Gasteiger partial charge in [0, 0.05) is 12.1 Å². The summed E-state index contributed by atoms with van der Waals surface area (Å²) in [4.78, 5) is 11.9. The Hall–Kier alpha value is -0.820. The van der Waals surface area contributed by atoms with E-state index in [1.54, 1.807) is 0 Å². The average molecular weight is 317 g/mol. The smallest absolute Gasteiger partial charge is 0.328 e. The van der Waals surface area contributed by atoms with Gasteiger partial charge in [-0.3, -0.25) is 0 Å². The highest BCUT2D eigenvalue weighted by molar-refractivity contribution is 7.90. The van der Waals surface area contributed by atoms with E-state index in [4.69, 9.17) is 5.73 Å². The van der Waals surface area contributed by atoms with Crippen LogP contribution in [0.5, 0.6) is 0 Å². The van der Waals surface area contributed by atoms with Crippen LogP contribution < -0.4 is 15.8 Å². The zero-order valence-corrected chi connectivity index (χ0v) is 13.3. The van der Waals surface area contributed by atoms with E-state index in [1.807, 2.05) is 0 Å². The first-order valence-electron chi connectivity index (χ1n) is 8.05. The van der Waals surface area contributed by atoms with Crippen molar-refractivity contribution in [2.24, 2.45) is 5.73 Å². The number of hydrogen-bond donors (Lipinski definition) is 3. The molecule has 7 heteroatoms. The van der Waals surface area contributed by atoms with Crippen LogP contribution in [0.3, 0.4) is 0 Å². The zero-order chi connectivity index (χ0) is 15.3. The molecule has 0 atom stereocenters. The van der Waals surface area contributed by atoms with Crippen molar-refractivity contribution in [1.29, 1.82) is 0 Å². The van der Waals surface area contributed by atoms with Crippen molar-refractivity contribution in [3.8, 4) is 0 Å². The summed E-state index contributed by atoms with van der Waals surface area (Å²) in [7, 11) is -3.58. The van der Waals surface area contributed by atoms with Crippen LogP contribution in [0.4, 0.5) is 4.79 Å². The molecule has 2 rings (SSSR count). The number of nitrogens with one attached hydrogen (secondary N) is 2. The monoisotopic (exact) mass is 317 g/mol. The molecule has 6 nitrogen and oxygen atoms in total. The normalized spacial score (nSPS) is 28.6. The van der Waals surface area contributed by atoms with Gasteiger partial charge < -0.3 is 11.1 Å². The number of carbonyl (C=O) groups is 1. The molecule has 2 saturated carbocycles. The molecule has 2 amide bonds. The molecule has 21 heavy (non-hydrogen) atoms. The Balaban J connectivity index is 1.83. The maximum Gasteiger partial charge on any atom is 0.328 e. The van der Waals surface area contributed by atoms with Gasteiger partial charge in [0.1, 0.15) is 0 Å². The highest BCUT2D eigenvalue weighted by Gasteiger charge is 2.31. The van der Waals surface area contributed by atoms with Crippen LogP contribution in [-0.4, -0.2) is 31.8 Å². The molecular weight excluding hydrogens is 290 g/mol. The van der Waals surface area contributed by atoms with E-state index in [9.17, 15) is 13.2 Å². The fraction of sp³-hybridized carbons (Fsp3) is 0.929. The van der Waals surface area contributed by atoms with E-state index in [2.05, 4.69) is 10.0 Å². The Morgan fingerprint density at radius 1 is 0.905 bits per heavy atom. The predicted octanol–water partition coefficient (Wildman–Crippen LogP) is 1.61. The topological polar surface area (TPSA) is 101 Å². The Labute approximate surface area is 127 Å². The van der Waals surface area contributed by atoms with Crippen LogP contribution in [0, 0.1) is 0 Å². The van der Waals surface area contributed by atoms with Gasteiger partial charge in [-0.15, -0.1) is 0 Å². The van der Waals surface area contributed by atoms with Gasteiger partial charge in [-0.2, -0.15) is 0 Å². The van der Waals surface area contributed by atoms with Crippen LogP contribution in [0.15, 0.2) is 0 Å². The number of carbonyl (C=O) groups excluding carboxylic acids is 1. The zero-order valence-electron chi connectivity index (χ0n) is 12.5. The Kier molecular flexibility index (Phi) is 5.87. The second-order valence-electron chi connectivity index (χ2n) is 6.35. The van der Waals surface area contributed by atoms with E-state index >= 15 is 0 Å². The highest BCUT2D eigenvalue weighted by Crippen LogP contribution is 2.22. The lowest BCUT2D eigenvalue weighted by atomic mass is 9.96. The summed E-state index contributed by atoms with van der Waals surface area (Å²) in [6, 6.07) is -0.379. The van der Waals surface area contributed by atoms with Gasteiger partial charge in [0.25, 0.3) is 0 Å². The van der Waals surface area contributed by atoms with E-state index in [0.717, 1.165) is 25.7 Å². The first kappa shape index (κ1) is 16.5. The van der Waals surface area contributed by atoms with Crippen molar-refractivity contribution in [2.45, 2.75) is 81.5 Å². The lowest BCUT2D eigenvalue weighted by molar-refractivity contribution is 0.240. The molecule has 0 radical (unpaired) electrons. The first-order chi connectivity index (χ1) is 9.97. The molecular formula is C14H27N3O3S. The third kappa shape index (κ3) is 5.14. The van der Waals surface area contributed by atoms with Crippen LogP contribution in [0.25, 0.3) is 0 Å². The minimum atomic E-state index is -3.58. The second kappa shape index (κ2) is 7.45. The first-order valence-corrected chi connectivity index (χ1v) is 9.60. The van der Waals surface area contributed by atoms with Gasteiger partial charge in [-0.05, 0) is 38.5 Å². The maximum atomic E-state index is 12.2. The Morgan fingerprint density at radius 3 is 2.05 bits per heavy atom. The molecule has 2 aliphatic rings. The molecule has 2 aliphatic carbocycles.